The molecule has 18 heavy (non-hydrogen) atoms. The van der Waals surface area contributed by atoms with Gasteiger partial charge in [-0.15, -0.1) is 0 Å². The maximum atomic E-state index is 11.1. The molecule has 2 rings (SSSR count). The van der Waals surface area contributed by atoms with Gasteiger partial charge in [-0.3, -0.25) is 9.69 Å². The number of piperidine rings is 1. The van der Waals surface area contributed by atoms with Crippen LogP contribution in [0.25, 0.3) is 0 Å². The Bertz CT molecular complexity index is 285. The normalized spacial score (nSPS) is 31.4. The molecule has 0 aromatic rings. The number of carboxylic acid groups (broad SMARTS) is 1. The molecule has 5 nitrogen and oxygen atoms in total. The van der Waals surface area contributed by atoms with Crippen LogP contribution < -0.4 is 0 Å². The summed E-state index contributed by atoms with van der Waals surface area (Å²) in [6, 6.07) is 0.170. The number of likely N-dealkylation sites (tertiary alicyclic amines) is 1. The lowest BCUT2D eigenvalue weighted by atomic mass is 9.99. The summed E-state index contributed by atoms with van der Waals surface area (Å²) < 4.78 is 5.25. The second-order valence-corrected chi connectivity index (χ2v) is 5.38. The first-order valence-corrected chi connectivity index (χ1v) is 6.93. The monoisotopic (exact) mass is 256 g/mol. The number of nitrogens with zero attached hydrogens (tertiary/aromatic N) is 2. The molecule has 1 N–H and O–H groups in total. The first-order chi connectivity index (χ1) is 8.68. The molecule has 0 aromatic carbocycles. The van der Waals surface area contributed by atoms with Crippen LogP contribution >= 0.6 is 0 Å². The quantitative estimate of drug-likeness (QED) is 0.800. The van der Waals surface area contributed by atoms with Gasteiger partial charge in [0, 0.05) is 19.1 Å². The topological polar surface area (TPSA) is 53.0 Å². The Hall–Kier alpha value is -0.650. The number of carbonyl (C=O) groups is 1. The lowest BCUT2D eigenvalue weighted by Gasteiger charge is -2.37. The number of aliphatic carboxylic acids is 1. The maximum absolute atomic E-state index is 11.1. The Kier molecular flexibility index (Phi) is 4.97. The zero-order chi connectivity index (χ0) is 13.0. The summed E-state index contributed by atoms with van der Waals surface area (Å²) in [5.41, 5.74) is 0. The highest BCUT2D eigenvalue weighted by Crippen LogP contribution is 2.19. The number of ether oxygens (including phenoxy) is 1. The highest BCUT2D eigenvalue weighted by atomic mass is 16.5. The van der Waals surface area contributed by atoms with E-state index < -0.39 is 12.0 Å². The van der Waals surface area contributed by atoms with Gasteiger partial charge in [-0.1, -0.05) is 6.42 Å². The molecule has 2 fully saturated rings. The summed E-state index contributed by atoms with van der Waals surface area (Å²) in [6.07, 6.45) is 4.92. The van der Waals surface area contributed by atoms with E-state index in [-0.39, 0.29) is 0 Å². The molecule has 2 heterocycles. The number of hydrogen-bond acceptors (Lipinski definition) is 4. The van der Waals surface area contributed by atoms with Crippen molar-refractivity contribution < 1.29 is 14.6 Å². The Balaban J connectivity index is 1.81. The van der Waals surface area contributed by atoms with Gasteiger partial charge >= 0.3 is 5.97 Å². The fourth-order valence-corrected chi connectivity index (χ4v) is 2.96. The van der Waals surface area contributed by atoms with E-state index >= 15 is 0 Å². The van der Waals surface area contributed by atoms with Crippen LogP contribution in [0.5, 0.6) is 0 Å². The van der Waals surface area contributed by atoms with E-state index in [2.05, 4.69) is 16.8 Å². The highest BCUT2D eigenvalue weighted by molar-refractivity contribution is 5.73. The lowest BCUT2D eigenvalue weighted by molar-refractivity contribution is -0.149. The molecule has 0 bridgehead atoms. The summed E-state index contributed by atoms with van der Waals surface area (Å²) in [6.45, 7) is 3.78. The van der Waals surface area contributed by atoms with Crippen molar-refractivity contribution in [3.05, 3.63) is 0 Å². The van der Waals surface area contributed by atoms with Gasteiger partial charge in [0.05, 0.1) is 13.2 Å². The van der Waals surface area contributed by atoms with Gasteiger partial charge in [0.15, 0.2) is 0 Å². The van der Waals surface area contributed by atoms with Gasteiger partial charge in [0.25, 0.3) is 0 Å². The minimum Gasteiger partial charge on any atom is -0.480 e. The van der Waals surface area contributed by atoms with Crippen LogP contribution in [0.4, 0.5) is 0 Å². The second kappa shape index (κ2) is 6.50. The van der Waals surface area contributed by atoms with E-state index in [1.807, 2.05) is 0 Å². The van der Waals surface area contributed by atoms with Crippen molar-refractivity contribution in [1.29, 1.82) is 0 Å². The van der Waals surface area contributed by atoms with Crippen molar-refractivity contribution in [2.24, 2.45) is 0 Å². The van der Waals surface area contributed by atoms with Gasteiger partial charge in [0.1, 0.15) is 6.04 Å². The van der Waals surface area contributed by atoms with Crippen molar-refractivity contribution in [1.82, 2.24) is 9.80 Å². The molecule has 0 saturated carbocycles. The third kappa shape index (κ3) is 3.43. The van der Waals surface area contributed by atoms with E-state index in [1.165, 1.54) is 25.8 Å². The Morgan fingerprint density at radius 3 is 2.94 bits per heavy atom. The third-order valence-corrected chi connectivity index (χ3v) is 4.20. The number of morpholine rings is 1. The molecule has 0 spiro atoms. The smallest absolute Gasteiger partial charge is 0.323 e. The maximum Gasteiger partial charge on any atom is 0.323 e. The molecule has 104 valence electrons. The van der Waals surface area contributed by atoms with E-state index in [1.54, 1.807) is 0 Å². The lowest BCUT2D eigenvalue weighted by Crippen LogP contribution is -2.51. The Labute approximate surface area is 109 Å². The summed E-state index contributed by atoms with van der Waals surface area (Å²) in [5, 5.41) is 9.17. The van der Waals surface area contributed by atoms with E-state index in [9.17, 15) is 4.79 Å². The van der Waals surface area contributed by atoms with E-state index in [0.29, 0.717) is 19.3 Å². The van der Waals surface area contributed by atoms with Crippen molar-refractivity contribution in [2.75, 3.05) is 39.9 Å². The van der Waals surface area contributed by atoms with E-state index in [0.717, 1.165) is 19.5 Å². The van der Waals surface area contributed by atoms with Crippen LogP contribution in [-0.4, -0.2) is 72.9 Å². The van der Waals surface area contributed by atoms with Crippen LogP contribution in [0.15, 0.2) is 0 Å². The zero-order valence-corrected chi connectivity index (χ0v) is 11.2. The van der Waals surface area contributed by atoms with Crippen LogP contribution in [-0.2, 0) is 9.53 Å². The van der Waals surface area contributed by atoms with Crippen molar-refractivity contribution >= 4 is 5.97 Å². The highest BCUT2D eigenvalue weighted by Gasteiger charge is 2.30. The first-order valence-electron chi connectivity index (χ1n) is 6.93. The van der Waals surface area contributed by atoms with Crippen LogP contribution in [0.3, 0.4) is 0 Å². The van der Waals surface area contributed by atoms with Gasteiger partial charge in [-0.2, -0.15) is 0 Å². The fourth-order valence-electron chi connectivity index (χ4n) is 2.96. The predicted molar refractivity (Wildman–Crippen MR) is 68.7 cm³/mol. The number of hydrogen-bond donors (Lipinski definition) is 1. The molecule has 2 unspecified atom stereocenters. The third-order valence-electron chi connectivity index (χ3n) is 4.20. The zero-order valence-electron chi connectivity index (χ0n) is 11.2. The standard InChI is InChI=1S/C13H24N2O3/c1-14-6-3-2-4-11(14)5-7-15-8-9-18-10-12(15)13(16)17/h11-12H,2-10H2,1H3,(H,16,17). The van der Waals surface area contributed by atoms with Crippen molar-refractivity contribution in [2.45, 2.75) is 37.8 Å². The molecule has 0 amide bonds. The molecule has 5 heteroatoms. The Morgan fingerprint density at radius 1 is 1.39 bits per heavy atom. The average molecular weight is 256 g/mol. The van der Waals surface area contributed by atoms with Crippen molar-refractivity contribution in [3.8, 4) is 0 Å². The largest absolute Gasteiger partial charge is 0.480 e. The fraction of sp³-hybridized carbons (Fsp3) is 0.923. The van der Waals surface area contributed by atoms with Crippen LogP contribution in [0, 0.1) is 0 Å². The van der Waals surface area contributed by atoms with Gasteiger partial charge < -0.3 is 14.7 Å². The molecule has 2 aliphatic heterocycles. The molecule has 0 aliphatic carbocycles. The molecule has 2 saturated heterocycles. The molecular weight excluding hydrogens is 232 g/mol. The second-order valence-electron chi connectivity index (χ2n) is 5.38. The van der Waals surface area contributed by atoms with E-state index in [4.69, 9.17) is 9.84 Å². The molecule has 0 aromatic heterocycles. The number of rotatable bonds is 4. The molecule has 2 aliphatic rings. The first kappa shape index (κ1) is 13.8. The molecular formula is C13H24N2O3. The van der Waals surface area contributed by atoms with Crippen LogP contribution in [0.1, 0.15) is 25.7 Å². The number of carboxylic acids is 1. The van der Waals surface area contributed by atoms with Gasteiger partial charge in [0.2, 0.25) is 0 Å². The average Bonchev–Trinajstić information content (AvgIpc) is 2.38. The summed E-state index contributed by atoms with van der Waals surface area (Å²) >= 11 is 0. The summed E-state index contributed by atoms with van der Waals surface area (Å²) in [4.78, 5) is 15.6. The predicted octanol–water partition coefficient (Wildman–Crippen LogP) is 0.646. The minimum absolute atomic E-state index is 0.329. The SMILES string of the molecule is CN1CCCCC1CCN1CCOCC1C(=O)O. The summed E-state index contributed by atoms with van der Waals surface area (Å²) in [5.74, 6) is -0.758. The van der Waals surface area contributed by atoms with Crippen molar-refractivity contribution in [3.63, 3.8) is 0 Å². The van der Waals surface area contributed by atoms with Gasteiger partial charge in [-0.25, -0.2) is 0 Å². The molecule has 2 atom stereocenters. The molecule has 0 radical (unpaired) electrons. The van der Waals surface area contributed by atoms with Crippen LogP contribution in [0.2, 0.25) is 0 Å². The summed E-state index contributed by atoms with van der Waals surface area (Å²) in [7, 11) is 2.18. The van der Waals surface area contributed by atoms with Gasteiger partial charge in [-0.05, 0) is 32.9 Å². The minimum atomic E-state index is -0.758. The Morgan fingerprint density at radius 2 is 2.22 bits per heavy atom.